The molecular formula is C22H21N. The highest BCUT2D eigenvalue weighted by Gasteiger charge is 2.35. The van der Waals surface area contributed by atoms with Crippen molar-refractivity contribution in [2.24, 2.45) is 0 Å². The lowest BCUT2D eigenvalue weighted by Gasteiger charge is -2.33. The summed E-state index contributed by atoms with van der Waals surface area (Å²) in [6, 6.07) is 33.5. The van der Waals surface area contributed by atoms with Crippen LogP contribution in [0, 0.1) is 0 Å². The van der Waals surface area contributed by atoms with E-state index < -0.39 is 0 Å². The fourth-order valence-corrected chi connectivity index (χ4v) is 3.78. The van der Waals surface area contributed by atoms with E-state index >= 15 is 0 Å². The van der Waals surface area contributed by atoms with Gasteiger partial charge in [0.25, 0.3) is 0 Å². The summed E-state index contributed by atoms with van der Waals surface area (Å²) in [6.07, 6.45) is 2.39. The van der Waals surface area contributed by atoms with E-state index in [1.807, 2.05) is 0 Å². The van der Waals surface area contributed by atoms with E-state index in [1.165, 1.54) is 29.7 Å². The average molecular weight is 299 g/mol. The third kappa shape index (κ3) is 2.75. The maximum absolute atomic E-state index is 2.60. The van der Waals surface area contributed by atoms with E-state index in [1.54, 1.807) is 0 Å². The van der Waals surface area contributed by atoms with Gasteiger partial charge < -0.3 is 4.90 Å². The first-order valence-electron chi connectivity index (χ1n) is 8.37. The molecule has 0 spiro atoms. The summed E-state index contributed by atoms with van der Waals surface area (Å²) in [6.45, 7) is 0. The van der Waals surface area contributed by atoms with Gasteiger partial charge in [-0.3, -0.25) is 0 Å². The van der Waals surface area contributed by atoms with Gasteiger partial charge in [-0.2, -0.15) is 0 Å². The van der Waals surface area contributed by atoms with E-state index in [2.05, 4.69) is 95.9 Å². The molecule has 0 aliphatic carbocycles. The Kier molecular flexibility index (Phi) is 3.85. The molecule has 1 aliphatic heterocycles. The van der Waals surface area contributed by atoms with Crippen LogP contribution in [0.1, 0.15) is 36.1 Å². The molecule has 1 saturated heterocycles. The van der Waals surface area contributed by atoms with Gasteiger partial charge in [-0.05, 0) is 36.1 Å². The van der Waals surface area contributed by atoms with Crippen LogP contribution in [0.4, 0.5) is 5.69 Å². The molecule has 1 heteroatoms. The molecule has 1 aliphatic rings. The molecule has 1 nitrogen and oxygen atoms in total. The third-order valence-electron chi connectivity index (χ3n) is 4.81. The molecule has 0 radical (unpaired) electrons. The Bertz CT molecular complexity index is 689. The fourth-order valence-electron chi connectivity index (χ4n) is 3.78. The molecule has 1 heterocycles. The van der Waals surface area contributed by atoms with Crippen LogP contribution in [0.3, 0.4) is 0 Å². The van der Waals surface area contributed by atoms with Gasteiger partial charge in [0, 0.05) is 5.69 Å². The second-order valence-corrected chi connectivity index (χ2v) is 6.17. The fraction of sp³-hybridized carbons (Fsp3) is 0.182. The molecule has 3 aromatic carbocycles. The summed E-state index contributed by atoms with van der Waals surface area (Å²) < 4.78 is 0. The summed E-state index contributed by atoms with van der Waals surface area (Å²) in [5, 5.41) is 0. The van der Waals surface area contributed by atoms with Gasteiger partial charge in [-0.1, -0.05) is 78.9 Å². The molecule has 1 fully saturated rings. The molecule has 0 N–H and O–H groups in total. The number of hydrogen-bond donors (Lipinski definition) is 0. The van der Waals surface area contributed by atoms with Crippen molar-refractivity contribution in [3.05, 3.63) is 102 Å². The number of hydrogen-bond acceptors (Lipinski definition) is 1. The minimum atomic E-state index is 0.448. The number of anilines is 1. The van der Waals surface area contributed by atoms with Crippen LogP contribution in [0.15, 0.2) is 91.0 Å². The molecule has 0 aromatic heterocycles. The summed E-state index contributed by atoms with van der Waals surface area (Å²) in [7, 11) is 0. The Hall–Kier alpha value is -2.54. The van der Waals surface area contributed by atoms with Crippen molar-refractivity contribution in [1.82, 2.24) is 0 Å². The Morgan fingerprint density at radius 1 is 0.522 bits per heavy atom. The van der Waals surface area contributed by atoms with E-state index in [-0.39, 0.29) is 0 Å². The lowest BCUT2D eigenvalue weighted by atomic mass is 10.0. The van der Waals surface area contributed by atoms with Gasteiger partial charge in [0.05, 0.1) is 12.1 Å². The molecule has 23 heavy (non-hydrogen) atoms. The largest absolute Gasteiger partial charge is 0.357 e. The van der Waals surface area contributed by atoms with Gasteiger partial charge >= 0.3 is 0 Å². The normalized spacial score (nSPS) is 20.6. The van der Waals surface area contributed by atoms with Crippen LogP contribution in [0.25, 0.3) is 0 Å². The molecular weight excluding hydrogens is 278 g/mol. The maximum Gasteiger partial charge on any atom is 0.0549 e. The first kappa shape index (κ1) is 14.1. The van der Waals surface area contributed by atoms with E-state index in [0.29, 0.717) is 12.1 Å². The molecule has 114 valence electrons. The predicted molar refractivity (Wildman–Crippen MR) is 96.5 cm³/mol. The Morgan fingerprint density at radius 3 is 1.35 bits per heavy atom. The highest BCUT2D eigenvalue weighted by atomic mass is 15.2. The monoisotopic (exact) mass is 299 g/mol. The smallest absolute Gasteiger partial charge is 0.0549 e. The molecule has 0 unspecified atom stereocenters. The van der Waals surface area contributed by atoms with Crippen LogP contribution in [-0.4, -0.2) is 0 Å². The average Bonchev–Trinajstić information content (AvgIpc) is 3.09. The van der Waals surface area contributed by atoms with E-state index in [9.17, 15) is 0 Å². The van der Waals surface area contributed by atoms with Crippen LogP contribution in [-0.2, 0) is 0 Å². The topological polar surface area (TPSA) is 3.24 Å². The zero-order valence-corrected chi connectivity index (χ0v) is 13.2. The molecule has 0 amide bonds. The molecule has 3 aromatic rings. The highest BCUT2D eigenvalue weighted by Crippen LogP contribution is 2.46. The van der Waals surface area contributed by atoms with E-state index in [4.69, 9.17) is 0 Å². The van der Waals surface area contributed by atoms with E-state index in [0.717, 1.165) is 0 Å². The summed E-state index contributed by atoms with van der Waals surface area (Å²) in [5.41, 5.74) is 4.14. The zero-order chi connectivity index (χ0) is 15.5. The first-order valence-corrected chi connectivity index (χ1v) is 8.37. The Balaban J connectivity index is 1.77. The Labute approximate surface area is 138 Å². The van der Waals surface area contributed by atoms with Gasteiger partial charge in [-0.15, -0.1) is 0 Å². The number of benzene rings is 3. The highest BCUT2D eigenvalue weighted by molar-refractivity contribution is 5.53. The van der Waals surface area contributed by atoms with Gasteiger partial charge in [0.15, 0.2) is 0 Å². The van der Waals surface area contributed by atoms with Crippen molar-refractivity contribution in [2.45, 2.75) is 24.9 Å². The summed E-state index contributed by atoms with van der Waals surface area (Å²) in [4.78, 5) is 2.60. The standard InChI is InChI=1S/C22H21N/c1-4-10-18(11-5-1)21-16-17-22(19-12-6-2-7-13-19)23(21)20-14-8-3-9-15-20/h1-15,21-22H,16-17H2/t21-,22-/m1/s1. The van der Waals surface area contributed by atoms with Crippen molar-refractivity contribution in [3.8, 4) is 0 Å². The first-order chi connectivity index (χ1) is 11.4. The second kappa shape index (κ2) is 6.29. The van der Waals surface area contributed by atoms with Gasteiger partial charge in [0.1, 0.15) is 0 Å². The van der Waals surface area contributed by atoms with Gasteiger partial charge in [0.2, 0.25) is 0 Å². The quantitative estimate of drug-likeness (QED) is 0.593. The number of nitrogens with zero attached hydrogens (tertiary/aromatic N) is 1. The molecule has 2 atom stereocenters. The predicted octanol–water partition coefficient (Wildman–Crippen LogP) is 5.77. The number of para-hydroxylation sites is 1. The van der Waals surface area contributed by atoms with Crippen molar-refractivity contribution in [2.75, 3.05) is 4.90 Å². The van der Waals surface area contributed by atoms with Crippen LogP contribution >= 0.6 is 0 Å². The van der Waals surface area contributed by atoms with Crippen molar-refractivity contribution in [3.63, 3.8) is 0 Å². The summed E-state index contributed by atoms with van der Waals surface area (Å²) >= 11 is 0. The molecule has 4 rings (SSSR count). The van der Waals surface area contributed by atoms with Crippen LogP contribution < -0.4 is 4.90 Å². The number of rotatable bonds is 3. The van der Waals surface area contributed by atoms with Crippen molar-refractivity contribution >= 4 is 5.69 Å². The van der Waals surface area contributed by atoms with Crippen LogP contribution in [0.2, 0.25) is 0 Å². The second-order valence-electron chi connectivity index (χ2n) is 6.17. The van der Waals surface area contributed by atoms with Crippen LogP contribution in [0.5, 0.6) is 0 Å². The SMILES string of the molecule is c1ccc([C@H]2CC[C@H](c3ccccc3)N2c2ccccc2)cc1. The molecule has 0 saturated carbocycles. The van der Waals surface area contributed by atoms with Crippen molar-refractivity contribution in [1.29, 1.82) is 0 Å². The third-order valence-corrected chi connectivity index (χ3v) is 4.81. The Morgan fingerprint density at radius 2 is 0.913 bits per heavy atom. The zero-order valence-electron chi connectivity index (χ0n) is 13.2. The molecule has 0 bridgehead atoms. The van der Waals surface area contributed by atoms with Crippen molar-refractivity contribution < 1.29 is 0 Å². The summed E-state index contributed by atoms with van der Waals surface area (Å²) in [5.74, 6) is 0. The minimum absolute atomic E-state index is 0.448. The lowest BCUT2D eigenvalue weighted by Crippen LogP contribution is -2.25. The maximum atomic E-state index is 2.60. The lowest BCUT2D eigenvalue weighted by molar-refractivity contribution is 0.674. The van der Waals surface area contributed by atoms with Gasteiger partial charge in [-0.25, -0.2) is 0 Å². The minimum Gasteiger partial charge on any atom is -0.357 e.